The Bertz CT molecular complexity index is 1390. The molecule has 42 heavy (non-hydrogen) atoms. The number of halogens is 3. The second-order valence-corrected chi connectivity index (χ2v) is 10.3. The van der Waals surface area contributed by atoms with Gasteiger partial charge in [0.15, 0.2) is 5.69 Å². The fourth-order valence-corrected chi connectivity index (χ4v) is 5.20. The van der Waals surface area contributed by atoms with E-state index < -0.39 is 24.1 Å². The lowest BCUT2D eigenvalue weighted by atomic mass is 10.0. The molecule has 16 heteroatoms. The number of carboxylic acid groups (broad SMARTS) is 1. The number of nitrogens with one attached hydrogen (secondary N) is 1. The number of nitrogens with zero attached hydrogens (tertiary/aromatic N) is 6. The van der Waals surface area contributed by atoms with Crippen LogP contribution in [0.4, 0.5) is 13.2 Å². The number of carbonyl (C=O) groups excluding carboxylic acids is 4. The summed E-state index contributed by atoms with van der Waals surface area (Å²) < 4.78 is 33.3. The van der Waals surface area contributed by atoms with Crippen LogP contribution in [0.3, 0.4) is 0 Å². The zero-order valence-electron chi connectivity index (χ0n) is 22.9. The molecule has 4 amide bonds. The zero-order chi connectivity index (χ0) is 30.8. The predicted octanol–water partition coefficient (Wildman–Crippen LogP) is 1.22. The van der Waals surface area contributed by atoms with Crippen molar-refractivity contribution < 1.29 is 42.3 Å². The smallest absolute Gasteiger partial charge is 0.475 e. The van der Waals surface area contributed by atoms with Gasteiger partial charge in [0.1, 0.15) is 6.04 Å². The zero-order valence-corrected chi connectivity index (χ0v) is 22.9. The van der Waals surface area contributed by atoms with Crippen molar-refractivity contribution in [3.63, 3.8) is 0 Å². The first kappa shape index (κ1) is 30.6. The highest BCUT2D eigenvalue weighted by molar-refractivity contribution is 6.05. The molecule has 1 aromatic heterocycles. The van der Waals surface area contributed by atoms with Crippen molar-refractivity contribution in [2.24, 2.45) is 0 Å². The molecule has 226 valence electrons. The van der Waals surface area contributed by atoms with Crippen LogP contribution in [-0.2, 0) is 20.9 Å². The molecule has 2 atom stereocenters. The van der Waals surface area contributed by atoms with E-state index >= 15 is 0 Å². The van der Waals surface area contributed by atoms with Crippen LogP contribution < -0.4 is 5.32 Å². The molecule has 2 saturated heterocycles. The van der Waals surface area contributed by atoms with Crippen LogP contribution in [0.25, 0.3) is 5.69 Å². The first-order chi connectivity index (χ1) is 19.8. The maximum Gasteiger partial charge on any atom is 0.490 e. The van der Waals surface area contributed by atoms with E-state index in [0.717, 1.165) is 31.5 Å². The van der Waals surface area contributed by atoms with Crippen molar-refractivity contribution in [1.82, 2.24) is 35.0 Å². The molecule has 0 spiro atoms. The van der Waals surface area contributed by atoms with Gasteiger partial charge in [-0.1, -0.05) is 12.1 Å². The lowest BCUT2D eigenvalue weighted by molar-refractivity contribution is -0.192. The number of hydrogen-bond acceptors (Lipinski definition) is 8. The van der Waals surface area contributed by atoms with Crippen molar-refractivity contribution in [2.75, 3.05) is 26.7 Å². The van der Waals surface area contributed by atoms with E-state index in [0.29, 0.717) is 24.2 Å². The maximum atomic E-state index is 13.3. The summed E-state index contributed by atoms with van der Waals surface area (Å²) in [5, 5.41) is 17.8. The number of imide groups is 1. The third-order valence-electron chi connectivity index (χ3n) is 7.36. The minimum Gasteiger partial charge on any atom is -0.475 e. The number of alkyl halides is 3. The Labute approximate surface area is 238 Å². The molecule has 0 aliphatic carbocycles. The fourth-order valence-electron chi connectivity index (χ4n) is 5.20. The van der Waals surface area contributed by atoms with Gasteiger partial charge in [-0.25, -0.2) is 9.48 Å². The number of fused-ring (bicyclic) bond motifs is 1. The summed E-state index contributed by atoms with van der Waals surface area (Å²) in [5.41, 5.74) is 2.25. The molecule has 0 radical (unpaired) electrons. The van der Waals surface area contributed by atoms with E-state index in [1.54, 1.807) is 18.3 Å². The van der Waals surface area contributed by atoms with Gasteiger partial charge in [0.05, 0.1) is 11.9 Å². The van der Waals surface area contributed by atoms with Crippen molar-refractivity contribution >= 4 is 29.6 Å². The van der Waals surface area contributed by atoms with Crippen LogP contribution in [0.15, 0.2) is 24.4 Å². The molecule has 0 bridgehead atoms. The Kier molecular flexibility index (Phi) is 8.94. The van der Waals surface area contributed by atoms with Gasteiger partial charge in [-0.2, -0.15) is 13.2 Å². The monoisotopic (exact) mass is 593 g/mol. The SMILES string of the molecule is CCC1CN(C)CCCN1C(=O)c1cn(-c2ccc3c(c2)CN(C2CCC(=O)NC2=O)C3=O)nn1.O=C(O)C(F)(F)F. The Morgan fingerprint density at radius 2 is 1.88 bits per heavy atom. The van der Waals surface area contributed by atoms with Crippen molar-refractivity contribution in [1.29, 1.82) is 0 Å². The topological polar surface area (TPSA) is 158 Å². The number of piperidine rings is 1. The average Bonchev–Trinajstić information content (AvgIpc) is 3.49. The third kappa shape index (κ3) is 6.58. The van der Waals surface area contributed by atoms with E-state index in [1.807, 2.05) is 11.0 Å². The van der Waals surface area contributed by atoms with Crippen molar-refractivity contribution in [3.8, 4) is 5.69 Å². The van der Waals surface area contributed by atoms with E-state index in [1.165, 1.54) is 9.58 Å². The van der Waals surface area contributed by atoms with E-state index in [-0.39, 0.29) is 42.4 Å². The first-order valence-corrected chi connectivity index (χ1v) is 13.3. The van der Waals surface area contributed by atoms with Crippen molar-refractivity contribution in [2.45, 2.75) is 57.4 Å². The van der Waals surface area contributed by atoms with Crippen LogP contribution >= 0.6 is 0 Å². The third-order valence-corrected chi connectivity index (χ3v) is 7.36. The Morgan fingerprint density at radius 3 is 2.52 bits per heavy atom. The minimum atomic E-state index is -5.08. The summed E-state index contributed by atoms with van der Waals surface area (Å²) in [6.45, 7) is 4.83. The Balaban J connectivity index is 0.000000517. The molecule has 5 rings (SSSR count). The summed E-state index contributed by atoms with van der Waals surface area (Å²) in [4.78, 5) is 64.5. The molecule has 2 fully saturated rings. The highest BCUT2D eigenvalue weighted by Crippen LogP contribution is 2.29. The Morgan fingerprint density at radius 1 is 1.17 bits per heavy atom. The van der Waals surface area contributed by atoms with Crippen molar-refractivity contribution in [3.05, 3.63) is 41.2 Å². The second kappa shape index (κ2) is 12.3. The summed E-state index contributed by atoms with van der Waals surface area (Å²) in [6, 6.07) is 4.76. The number of hydrogen-bond donors (Lipinski definition) is 2. The van der Waals surface area contributed by atoms with Gasteiger partial charge in [0, 0.05) is 37.7 Å². The number of aliphatic carboxylic acids is 1. The summed E-state index contributed by atoms with van der Waals surface area (Å²) in [7, 11) is 2.08. The summed E-state index contributed by atoms with van der Waals surface area (Å²) >= 11 is 0. The number of carboxylic acids is 1. The van der Waals surface area contributed by atoms with Crippen LogP contribution in [0.2, 0.25) is 0 Å². The largest absolute Gasteiger partial charge is 0.490 e. The van der Waals surface area contributed by atoms with Gasteiger partial charge in [-0.05, 0) is 56.6 Å². The molecule has 13 nitrogen and oxygen atoms in total. The lowest BCUT2D eigenvalue weighted by Crippen LogP contribution is -2.52. The molecule has 2 N–H and O–H groups in total. The molecule has 1 aromatic carbocycles. The second-order valence-electron chi connectivity index (χ2n) is 10.3. The summed E-state index contributed by atoms with van der Waals surface area (Å²) in [6.07, 6.45) is -1.15. The number of rotatable bonds is 4. The fraction of sp³-hybridized carbons (Fsp3) is 0.500. The summed E-state index contributed by atoms with van der Waals surface area (Å²) in [5.74, 6) is -3.86. The molecule has 2 unspecified atom stereocenters. The number of amides is 4. The minimum absolute atomic E-state index is 0.126. The number of carbonyl (C=O) groups is 5. The molecule has 4 heterocycles. The molecule has 0 saturated carbocycles. The van der Waals surface area contributed by atoms with Gasteiger partial charge < -0.3 is 19.8 Å². The van der Waals surface area contributed by atoms with Crippen LogP contribution in [0, 0.1) is 0 Å². The van der Waals surface area contributed by atoms with Gasteiger partial charge >= 0.3 is 12.1 Å². The first-order valence-electron chi connectivity index (χ1n) is 13.3. The highest BCUT2D eigenvalue weighted by atomic mass is 19.4. The average molecular weight is 594 g/mol. The Hall–Kier alpha value is -4.34. The lowest BCUT2D eigenvalue weighted by Gasteiger charge is -2.29. The standard InChI is InChI=1S/C24H29N7O4.C2HF3O2/c1-3-16-13-28(2)9-4-10-29(16)24(35)19-14-31(27-26-19)17-5-6-18-15(11-17)12-30(23(18)34)20-7-8-21(32)25-22(20)33;3-2(4,5)1(6)7/h5-6,11,14,16,20H,3-4,7-10,12-13H2,1-2H3,(H,25,32,33);(H,6,7). The maximum absolute atomic E-state index is 13.3. The van der Waals surface area contributed by atoms with E-state index in [4.69, 9.17) is 9.90 Å². The molecule has 3 aliphatic rings. The number of aromatic nitrogens is 3. The van der Waals surface area contributed by atoms with Gasteiger partial charge in [-0.3, -0.25) is 24.5 Å². The van der Waals surface area contributed by atoms with E-state index in [2.05, 4.69) is 34.5 Å². The molecular weight excluding hydrogens is 563 g/mol. The van der Waals surface area contributed by atoms with Gasteiger partial charge in [0.25, 0.3) is 11.8 Å². The molecule has 2 aromatic rings. The molecule has 3 aliphatic heterocycles. The van der Waals surface area contributed by atoms with Crippen LogP contribution in [-0.4, -0.2) is 109 Å². The van der Waals surface area contributed by atoms with E-state index in [9.17, 15) is 32.3 Å². The van der Waals surface area contributed by atoms with Crippen LogP contribution in [0.5, 0.6) is 0 Å². The van der Waals surface area contributed by atoms with Gasteiger partial charge in [0.2, 0.25) is 11.8 Å². The molecular formula is C26H30F3N7O6. The predicted molar refractivity (Wildman–Crippen MR) is 138 cm³/mol. The quantitative estimate of drug-likeness (QED) is 0.497. The highest BCUT2D eigenvalue weighted by Gasteiger charge is 2.39. The normalized spacial score (nSPS) is 21.3. The number of likely N-dealkylation sites (N-methyl/N-ethyl adjacent to an activating group) is 1. The number of benzene rings is 1. The van der Waals surface area contributed by atoms with Crippen LogP contribution in [0.1, 0.15) is 59.0 Å². The van der Waals surface area contributed by atoms with Gasteiger partial charge in [-0.15, -0.1) is 5.10 Å².